The fourth-order valence-electron chi connectivity index (χ4n) is 3.18. The predicted octanol–water partition coefficient (Wildman–Crippen LogP) is 4.88. The molecule has 0 saturated carbocycles. The van der Waals surface area contributed by atoms with Crippen molar-refractivity contribution in [2.45, 2.75) is 13.0 Å². The lowest BCUT2D eigenvalue weighted by Gasteiger charge is -2.15. The number of carbonyl (C=O) groups excluding carboxylic acids is 2. The first kappa shape index (κ1) is 22.5. The number of hydrogen-bond donors (Lipinski definition) is 1. The maximum absolute atomic E-state index is 13.0. The number of amides is 1. The summed E-state index contributed by atoms with van der Waals surface area (Å²) in [6.45, 7) is 1.42. The molecule has 4 aromatic rings. The third-order valence-electron chi connectivity index (χ3n) is 4.84. The SMILES string of the molecule is CC(OC(=O)c1nn(-c2ccccc2)c(=O)c2ccccc12)C(=O)Nc1cc(Cl)ccc1Cl. The lowest BCUT2D eigenvalue weighted by atomic mass is 10.1. The van der Waals surface area contributed by atoms with Crippen molar-refractivity contribution in [2.75, 3.05) is 5.32 Å². The molecule has 33 heavy (non-hydrogen) atoms. The van der Waals surface area contributed by atoms with Gasteiger partial charge in [-0.05, 0) is 43.3 Å². The van der Waals surface area contributed by atoms with Crippen molar-refractivity contribution in [3.8, 4) is 5.69 Å². The molecule has 1 atom stereocenters. The number of fused-ring (bicyclic) bond motifs is 1. The minimum Gasteiger partial charge on any atom is -0.448 e. The molecule has 1 heterocycles. The molecule has 166 valence electrons. The van der Waals surface area contributed by atoms with E-state index in [9.17, 15) is 14.4 Å². The molecule has 0 bridgehead atoms. The third-order valence-corrected chi connectivity index (χ3v) is 5.40. The van der Waals surface area contributed by atoms with Crippen LogP contribution in [-0.2, 0) is 9.53 Å². The molecule has 0 spiro atoms. The third kappa shape index (κ3) is 4.74. The Bertz CT molecular complexity index is 1420. The minimum absolute atomic E-state index is 0.0884. The zero-order valence-corrected chi connectivity index (χ0v) is 18.8. The second-order valence-electron chi connectivity index (χ2n) is 7.11. The van der Waals surface area contributed by atoms with Gasteiger partial charge in [0.15, 0.2) is 11.8 Å². The summed E-state index contributed by atoms with van der Waals surface area (Å²) >= 11 is 12.0. The molecular formula is C24H17Cl2N3O4. The quantitative estimate of drug-likeness (QED) is 0.410. The molecular weight excluding hydrogens is 465 g/mol. The van der Waals surface area contributed by atoms with Gasteiger partial charge in [0.2, 0.25) is 0 Å². The fourth-order valence-corrected chi connectivity index (χ4v) is 3.52. The summed E-state index contributed by atoms with van der Waals surface area (Å²) in [7, 11) is 0. The van der Waals surface area contributed by atoms with Crippen LogP contribution in [0.1, 0.15) is 17.4 Å². The first-order valence-corrected chi connectivity index (χ1v) is 10.6. The summed E-state index contributed by atoms with van der Waals surface area (Å²) in [6, 6.07) is 19.9. The number of benzene rings is 3. The van der Waals surface area contributed by atoms with E-state index in [1.807, 2.05) is 0 Å². The van der Waals surface area contributed by atoms with Crippen molar-refractivity contribution in [1.29, 1.82) is 0 Å². The zero-order valence-electron chi connectivity index (χ0n) is 17.3. The summed E-state index contributed by atoms with van der Waals surface area (Å²) < 4.78 is 6.51. The van der Waals surface area contributed by atoms with E-state index in [4.69, 9.17) is 27.9 Å². The molecule has 0 aliphatic heterocycles. The van der Waals surface area contributed by atoms with E-state index >= 15 is 0 Å². The molecule has 0 fully saturated rings. The monoisotopic (exact) mass is 481 g/mol. The molecule has 0 aliphatic rings. The number of carbonyl (C=O) groups is 2. The first-order valence-electron chi connectivity index (χ1n) is 9.89. The number of nitrogens with zero attached hydrogens (tertiary/aromatic N) is 2. The smallest absolute Gasteiger partial charge is 0.360 e. The van der Waals surface area contributed by atoms with Crippen LogP contribution in [-0.4, -0.2) is 27.8 Å². The van der Waals surface area contributed by atoms with Gasteiger partial charge in [-0.1, -0.05) is 59.6 Å². The maximum Gasteiger partial charge on any atom is 0.360 e. The van der Waals surface area contributed by atoms with Crippen molar-refractivity contribution in [2.24, 2.45) is 0 Å². The van der Waals surface area contributed by atoms with Crippen molar-refractivity contribution >= 4 is 51.5 Å². The predicted molar refractivity (Wildman–Crippen MR) is 127 cm³/mol. The summed E-state index contributed by atoms with van der Waals surface area (Å²) in [5.41, 5.74) is 0.311. The van der Waals surface area contributed by atoms with E-state index in [0.29, 0.717) is 27.2 Å². The molecule has 9 heteroatoms. The lowest BCUT2D eigenvalue weighted by Crippen LogP contribution is -2.31. The number of ether oxygens (including phenoxy) is 1. The lowest BCUT2D eigenvalue weighted by molar-refractivity contribution is -0.123. The molecule has 1 unspecified atom stereocenters. The molecule has 4 rings (SSSR count). The topological polar surface area (TPSA) is 90.3 Å². The number of nitrogens with one attached hydrogen (secondary N) is 1. The summed E-state index contributed by atoms with van der Waals surface area (Å²) in [5, 5.41) is 8.13. The van der Waals surface area contributed by atoms with Gasteiger partial charge in [-0.2, -0.15) is 9.78 Å². The number of rotatable bonds is 5. The first-order chi connectivity index (χ1) is 15.8. The molecule has 7 nitrogen and oxygen atoms in total. The van der Waals surface area contributed by atoms with E-state index in [2.05, 4.69) is 10.4 Å². The Kier molecular flexibility index (Phi) is 6.44. The number of anilines is 1. The summed E-state index contributed by atoms with van der Waals surface area (Å²) in [4.78, 5) is 38.6. The highest BCUT2D eigenvalue weighted by molar-refractivity contribution is 6.35. The standard InChI is InChI=1S/C24H17Cl2N3O4/c1-14(22(30)27-20-13-15(25)11-12-19(20)26)33-24(32)21-17-9-5-6-10-18(17)23(31)29(28-21)16-7-3-2-4-8-16/h2-14H,1H3,(H,27,30). The Balaban J connectivity index is 1.65. The van der Waals surface area contributed by atoms with Gasteiger partial charge in [0, 0.05) is 10.4 Å². The van der Waals surface area contributed by atoms with Crippen LogP contribution in [0.4, 0.5) is 5.69 Å². The Morgan fingerprint density at radius 1 is 0.970 bits per heavy atom. The number of esters is 1. The van der Waals surface area contributed by atoms with E-state index in [-0.39, 0.29) is 16.3 Å². The van der Waals surface area contributed by atoms with E-state index in [0.717, 1.165) is 4.68 Å². The minimum atomic E-state index is -1.18. The molecule has 1 N–H and O–H groups in total. The van der Waals surface area contributed by atoms with E-state index in [1.165, 1.54) is 13.0 Å². The van der Waals surface area contributed by atoms with Gasteiger partial charge in [-0.25, -0.2) is 4.79 Å². The van der Waals surface area contributed by atoms with E-state index in [1.54, 1.807) is 66.7 Å². The largest absolute Gasteiger partial charge is 0.448 e. The molecule has 3 aromatic carbocycles. The highest BCUT2D eigenvalue weighted by Gasteiger charge is 2.24. The Morgan fingerprint density at radius 3 is 2.36 bits per heavy atom. The van der Waals surface area contributed by atoms with Crippen LogP contribution in [0.15, 0.2) is 77.6 Å². The van der Waals surface area contributed by atoms with Gasteiger partial charge in [0.05, 0.1) is 21.8 Å². The molecule has 1 aromatic heterocycles. The number of halogens is 2. The normalized spacial score (nSPS) is 11.7. The van der Waals surface area contributed by atoms with Gasteiger partial charge < -0.3 is 10.1 Å². The fraction of sp³-hybridized carbons (Fsp3) is 0.0833. The maximum atomic E-state index is 13.0. The molecule has 0 aliphatic carbocycles. The zero-order chi connectivity index (χ0) is 23.5. The van der Waals surface area contributed by atoms with Gasteiger partial charge in [0.1, 0.15) is 0 Å². The van der Waals surface area contributed by atoms with Crippen LogP contribution in [0.2, 0.25) is 10.0 Å². The molecule has 0 saturated heterocycles. The molecule has 0 radical (unpaired) electrons. The van der Waals surface area contributed by atoms with Gasteiger partial charge in [-0.15, -0.1) is 0 Å². The second-order valence-corrected chi connectivity index (χ2v) is 7.95. The van der Waals surface area contributed by atoms with Crippen LogP contribution in [0.25, 0.3) is 16.5 Å². The molecule has 1 amide bonds. The Hall–Kier alpha value is -3.68. The summed E-state index contributed by atoms with van der Waals surface area (Å²) in [5.74, 6) is -1.45. The summed E-state index contributed by atoms with van der Waals surface area (Å²) in [6.07, 6.45) is -1.18. The van der Waals surface area contributed by atoms with Crippen LogP contribution in [0, 0.1) is 0 Å². The highest BCUT2D eigenvalue weighted by atomic mass is 35.5. The van der Waals surface area contributed by atoms with Crippen molar-refractivity contribution in [3.05, 3.63) is 98.9 Å². The average Bonchev–Trinajstić information content (AvgIpc) is 2.82. The van der Waals surface area contributed by atoms with Crippen LogP contribution >= 0.6 is 23.2 Å². The van der Waals surface area contributed by atoms with E-state index < -0.39 is 18.0 Å². The van der Waals surface area contributed by atoms with Crippen LogP contribution < -0.4 is 10.9 Å². The average molecular weight is 482 g/mol. The highest BCUT2D eigenvalue weighted by Crippen LogP contribution is 2.25. The number of hydrogen-bond acceptors (Lipinski definition) is 5. The van der Waals surface area contributed by atoms with Crippen LogP contribution in [0.5, 0.6) is 0 Å². The Labute approximate surface area is 198 Å². The van der Waals surface area contributed by atoms with Crippen molar-refractivity contribution < 1.29 is 14.3 Å². The van der Waals surface area contributed by atoms with Gasteiger partial charge >= 0.3 is 5.97 Å². The second kappa shape index (κ2) is 9.44. The number of para-hydroxylation sites is 1. The van der Waals surface area contributed by atoms with Crippen LogP contribution in [0.3, 0.4) is 0 Å². The van der Waals surface area contributed by atoms with Gasteiger partial charge in [0.25, 0.3) is 11.5 Å². The van der Waals surface area contributed by atoms with Crippen molar-refractivity contribution in [3.63, 3.8) is 0 Å². The van der Waals surface area contributed by atoms with Crippen molar-refractivity contribution in [1.82, 2.24) is 9.78 Å². The number of aromatic nitrogens is 2. The Morgan fingerprint density at radius 2 is 1.64 bits per heavy atom. The van der Waals surface area contributed by atoms with Gasteiger partial charge in [-0.3, -0.25) is 9.59 Å².